The minimum absolute atomic E-state index is 0.291. The molecule has 0 bridgehead atoms. The Morgan fingerprint density at radius 3 is 2.25 bits per heavy atom. The van der Waals surface area contributed by atoms with Crippen LogP contribution in [-0.4, -0.2) is 67.9 Å². The van der Waals surface area contributed by atoms with E-state index in [0.717, 1.165) is 44.9 Å². The van der Waals surface area contributed by atoms with E-state index in [1.54, 1.807) is 20.1 Å². The summed E-state index contributed by atoms with van der Waals surface area (Å²) in [4.78, 5) is 4.36. The van der Waals surface area contributed by atoms with Crippen molar-refractivity contribution in [2.24, 2.45) is 0 Å². The van der Waals surface area contributed by atoms with Gasteiger partial charge in [-0.2, -0.15) is 13.2 Å². The van der Waals surface area contributed by atoms with Crippen molar-refractivity contribution in [2.75, 3.05) is 53.0 Å². The van der Waals surface area contributed by atoms with E-state index in [9.17, 15) is 18.3 Å². The normalized spacial score (nSPS) is 20.1. The van der Waals surface area contributed by atoms with Crippen LogP contribution in [0.4, 0.5) is 13.2 Å². The van der Waals surface area contributed by atoms with Crippen molar-refractivity contribution in [3.05, 3.63) is 35.4 Å². The molecule has 1 aliphatic rings. The van der Waals surface area contributed by atoms with Gasteiger partial charge in [0.05, 0.1) is 17.8 Å². The number of alkyl halides is 3. The molecule has 0 amide bonds. The lowest BCUT2D eigenvalue weighted by molar-refractivity contribution is -0.137. The molecule has 7 heteroatoms. The van der Waals surface area contributed by atoms with Gasteiger partial charge in [-0.25, -0.2) is 0 Å². The van der Waals surface area contributed by atoms with Gasteiger partial charge in [0.25, 0.3) is 0 Å². The van der Waals surface area contributed by atoms with Crippen LogP contribution in [0.5, 0.6) is 0 Å². The molecule has 1 aromatic rings. The van der Waals surface area contributed by atoms with Gasteiger partial charge in [0.2, 0.25) is 0 Å². The molecule has 0 aliphatic carbocycles. The molecular weight excluding hydrogens is 321 g/mol. The van der Waals surface area contributed by atoms with Crippen molar-refractivity contribution in [3.8, 4) is 0 Å². The monoisotopic (exact) mass is 346 g/mol. The number of β-amino-alcohol motifs (C(OH)–C–C–N with tert-alkyl or cyclic N) is 1. The molecule has 0 saturated carbocycles. The molecule has 1 fully saturated rings. The first-order valence-corrected chi connectivity index (χ1v) is 8.06. The number of benzene rings is 1. The Bertz CT molecular complexity index is 527. The van der Waals surface area contributed by atoms with Crippen molar-refractivity contribution in [3.63, 3.8) is 0 Å². The van der Waals surface area contributed by atoms with Crippen LogP contribution in [0.2, 0.25) is 0 Å². The maximum absolute atomic E-state index is 12.9. The predicted octanol–water partition coefficient (Wildman–Crippen LogP) is 2.18. The molecule has 1 N–H and O–H groups in total. The molecule has 1 heterocycles. The maximum atomic E-state index is 12.9. The smallest absolute Gasteiger partial charge is 0.384 e. The molecule has 1 aliphatic heterocycles. The quantitative estimate of drug-likeness (QED) is 0.857. The second-order valence-electron chi connectivity index (χ2n) is 6.46. The fourth-order valence-electron chi connectivity index (χ4n) is 2.95. The molecule has 2 rings (SSSR count). The summed E-state index contributed by atoms with van der Waals surface area (Å²) >= 11 is 0. The number of hydrogen-bond donors (Lipinski definition) is 1. The van der Waals surface area contributed by atoms with Gasteiger partial charge >= 0.3 is 6.18 Å². The van der Waals surface area contributed by atoms with Gasteiger partial charge in [0.15, 0.2) is 0 Å². The van der Waals surface area contributed by atoms with Crippen LogP contribution in [0.15, 0.2) is 24.3 Å². The molecule has 1 atom stereocenters. The number of halogens is 3. The van der Waals surface area contributed by atoms with Crippen LogP contribution in [0, 0.1) is 0 Å². The largest absolute Gasteiger partial charge is 0.416 e. The van der Waals surface area contributed by atoms with E-state index in [4.69, 9.17) is 4.74 Å². The minimum Gasteiger partial charge on any atom is -0.384 e. The number of ether oxygens (including phenoxy) is 1. The van der Waals surface area contributed by atoms with Crippen LogP contribution < -0.4 is 0 Å². The zero-order chi connectivity index (χ0) is 17.8. The molecule has 1 saturated heterocycles. The second-order valence-corrected chi connectivity index (χ2v) is 6.46. The van der Waals surface area contributed by atoms with E-state index < -0.39 is 17.3 Å². The number of nitrogens with zero attached hydrogens (tertiary/aromatic N) is 2. The van der Waals surface area contributed by atoms with E-state index in [1.165, 1.54) is 6.07 Å². The average molecular weight is 346 g/mol. The Balaban J connectivity index is 1.97. The highest BCUT2D eigenvalue weighted by atomic mass is 19.4. The fraction of sp³-hybridized carbons (Fsp3) is 0.647. The highest BCUT2D eigenvalue weighted by molar-refractivity contribution is 5.29. The Kier molecular flexibility index (Phi) is 6.25. The van der Waals surface area contributed by atoms with Gasteiger partial charge < -0.3 is 9.84 Å². The third-order valence-electron chi connectivity index (χ3n) is 4.42. The zero-order valence-electron chi connectivity index (χ0n) is 14.1. The van der Waals surface area contributed by atoms with E-state index >= 15 is 0 Å². The number of rotatable bonds is 6. The van der Waals surface area contributed by atoms with Gasteiger partial charge in [-0.15, -0.1) is 0 Å². The molecule has 0 aromatic heterocycles. The van der Waals surface area contributed by atoms with Crippen LogP contribution in [-0.2, 0) is 16.5 Å². The summed E-state index contributed by atoms with van der Waals surface area (Å²) in [5.41, 5.74) is -1.76. The molecule has 1 aromatic carbocycles. The van der Waals surface area contributed by atoms with Gasteiger partial charge in [0, 0.05) is 46.4 Å². The highest BCUT2D eigenvalue weighted by Gasteiger charge is 2.34. The molecule has 0 radical (unpaired) electrons. The Labute approximate surface area is 140 Å². The van der Waals surface area contributed by atoms with Crippen molar-refractivity contribution >= 4 is 0 Å². The maximum Gasteiger partial charge on any atom is 0.416 e. The Morgan fingerprint density at radius 1 is 1.08 bits per heavy atom. The molecule has 0 unspecified atom stereocenters. The molecule has 0 spiro atoms. The van der Waals surface area contributed by atoms with Crippen molar-refractivity contribution in [1.29, 1.82) is 0 Å². The van der Waals surface area contributed by atoms with Crippen LogP contribution in [0.3, 0.4) is 0 Å². The number of methoxy groups -OCH3 is 1. The van der Waals surface area contributed by atoms with Gasteiger partial charge in [-0.05, 0) is 24.6 Å². The summed E-state index contributed by atoms with van der Waals surface area (Å²) in [7, 11) is 1.67. The average Bonchev–Trinajstić information content (AvgIpc) is 2.53. The lowest BCUT2D eigenvalue weighted by Gasteiger charge is -2.38. The van der Waals surface area contributed by atoms with Crippen molar-refractivity contribution < 1.29 is 23.0 Å². The van der Waals surface area contributed by atoms with E-state index in [1.807, 2.05) is 0 Å². The summed E-state index contributed by atoms with van der Waals surface area (Å²) in [6.45, 7) is 6.71. The number of piperazine rings is 1. The SMILES string of the molecule is COCCN1CCN(C[C@@](C)(O)c2cccc(C(F)(F)F)c2)CC1. The van der Waals surface area contributed by atoms with Crippen LogP contribution in [0.1, 0.15) is 18.1 Å². The topological polar surface area (TPSA) is 35.9 Å². The van der Waals surface area contributed by atoms with Crippen molar-refractivity contribution in [2.45, 2.75) is 18.7 Å². The standard InChI is InChI=1S/C17H25F3N2O2/c1-16(23,14-4-3-5-15(12-14)17(18,19)20)13-22-8-6-21(7-9-22)10-11-24-2/h3-5,12,23H,6-11,13H2,1-2H3/t16-/m1/s1. The molecular formula is C17H25F3N2O2. The van der Waals surface area contributed by atoms with Gasteiger partial charge in [-0.1, -0.05) is 12.1 Å². The summed E-state index contributed by atoms with van der Waals surface area (Å²) in [5.74, 6) is 0. The van der Waals surface area contributed by atoms with Gasteiger partial charge in [0.1, 0.15) is 0 Å². The first-order valence-electron chi connectivity index (χ1n) is 8.06. The lowest BCUT2D eigenvalue weighted by Crippen LogP contribution is -2.50. The third kappa shape index (κ3) is 5.17. The molecule has 4 nitrogen and oxygen atoms in total. The third-order valence-corrected chi connectivity index (χ3v) is 4.42. The summed E-state index contributed by atoms with van der Waals surface area (Å²) < 4.78 is 43.6. The minimum atomic E-state index is -4.40. The zero-order valence-corrected chi connectivity index (χ0v) is 14.1. The number of hydrogen-bond acceptors (Lipinski definition) is 4. The second kappa shape index (κ2) is 7.82. The summed E-state index contributed by atoms with van der Waals surface area (Å²) in [6.07, 6.45) is -4.40. The summed E-state index contributed by atoms with van der Waals surface area (Å²) in [6, 6.07) is 4.95. The van der Waals surface area contributed by atoms with E-state index in [-0.39, 0.29) is 0 Å². The van der Waals surface area contributed by atoms with Crippen LogP contribution >= 0.6 is 0 Å². The fourth-order valence-corrected chi connectivity index (χ4v) is 2.95. The van der Waals surface area contributed by atoms with E-state index in [2.05, 4.69) is 9.80 Å². The highest BCUT2D eigenvalue weighted by Crippen LogP contribution is 2.32. The van der Waals surface area contributed by atoms with Crippen molar-refractivity contribution in [1.82, 2.24) is 9.80 Å². The first kappa shape index (κ1) is 19.2. The lowest BCUT2D eigenvalue weighted by atomic mass is 9.93. The van der Waals surface area contributed by atoms with Gasteiger partial charge in [-0.3, -0.25) is 9.80 Å². The van der Waals surface area contributed by atoms with E-state index in [0.29, 0.717) is 18.7 Å². The molecule has 136 valence electrons. The van der Waals surface area contributed by atoms with Crippen LogP contribution in [0.25, 0.3) is 0 Å². The predicted molar refractivity (Wildman–Crippen MR) is 85.8 cm³/mol. The summed E-state index contributed by atoms with van der Waals surface area (Å²) in [5, 5.41) is 10.7. The first-order chi connectivity index (χ1) is 11.2. The Morgan fingerprint density at radius 2 is 1.67 bits per heavy atom. The Hall–Kier alpha value is -1.15. The molecule has 24 heavy (non-hydrogen) atoms. The number of aliphatic hydroxyl groups is 1.